The molecule has 4 aliphatic rings. The van der Waals surface area contributed by atoms with Gasteiger partial charge in [-0.2, -0.15) is 0 Å². The molecule has 0 aliphatic carbocycles. The van der Waals surface area contributed by atoms with Gasteiger partial charge in [0.2, 0.25) is 0 Å². The first-order valence-corrected chi connectivity index (χ1v) is 20.9. The third-order valence-electron chi connectivity index (χ3n) is 13.0. The van der Waals surface area contributed by atoms with Crippen LogP contribution in [0.3, 0.4) is 0 Å². The topological polar surface area (TPSA) is 87.9 Å². The van der Waals surface area contributed by atoms with E-state index in [1.165, 1.54) is 5.56 Å². The zero-order chi connectivity index (χ0) is 38.3. The van der Waals surface area contributed by atoms with Crippen molar-refractivity contribution in [1.82, 2.24) is 30.6 Å². The number of H-pyrrole nitrogens is 2. The Labute approximate surface area is 333 Å². The molecule has 2 unspecified atom stereocenters. The van der Waals surface area contributed by atoms with Crippen LogP contribution in [0.25, 0.3) is 22.5 Å². The molecule has 4 aliphatic heterocycles. The molecule has 10 heteroatoms. The molecule has 4 N–H and O–H groups in total. The van der Waals surface area contributed by atoms with Crippen LogP contribution in [-0.2, 0) is 0 Å². The Morgan fingerprint density at radius 3 is 1.54 bits per heavy atom. The van der Waals surface area contributed by atoms with Gasteiger partial charge in [-0.25, -0.2) is 18.7 Å². The average molecular weight is 765 g/mol. The Balaban J connectivity index is 0.937. The van der Waals surface area contributed by atoms with Gasteiger partial charge in [-0.15, -0.1) is 0 Å². The maximum atomic E-state index is 16.4. The quantitative estimate of drug-likeness (QED) is 0.117. The first-order valence-electron chi connectivity index (χ1n) is 20.9. The fourth-order valence-electron chi connectivity index (χ4n) is 9.92. The van der Waals surface area contributed by atoms with Gasteiger partial charge in [0.25, 0.3) is 0 Å². The molecule has 4 fully saturated rings. The minimum atomic E-state index is -0.503. The van der Waals surface area contributed by atoms with Crippen LogP contribution in [0.5, 0.6) is 0 Å². The van der Waals surface area contributed by atoms with Crippen molar-refractivity contribution < 1.29 is 8.78 Å². The van der Waals surface area contributed by atoms with Crippen LogP contribution >= 0.6 is 0 Å². The van der Waals surface area contributed by atoms with Crippen molar-refractivity contribution in [3.8, 4) is 22.5 Å². The molecule has 292 valence electrons. The number of aromatic amines is 2. The first-order chi connectivity index (χ1) is 28.1. The number of piperidine rings is 1. The van der Waals surface area contributed by atoms with Crippen molar-refractivity contribution in [3.63, 3.8) is 0 Å². The minimum absolute atomic E-state index is 0.0657. The second-order valence-corrected chi connectivity index (χ2v) is 16.4. The number of halogens is 2. The molecule has 4 atom stereocenters. The molecular formula is C47H50F2N8. The fraction of sp³-hybridized carbons (Fsp3) is 0.362. The standard InChI is InChI=1S/C47H50F2N8/c48-37-26-36(27-38(49)45(37)56-24-20-31(21-25-56)30-6-2-1-3-7-30)57-43(34-14-10-32(11-15-34)41-28-52-46(54-41)39-8-4-22-50-39)18-19-44(57)35-16-12-33(13-17-35)42-29-53-47(55-42)40-9-5-23-51-40/h1-3,6-7,10-17,26-29,31,39-40,43-44,50-51H,4-5,8-9,18-25H2,(H,52,54)(H,53,55)/t39?,40?,43-,44-/m1/s1. The van der Waals surface area contributed by atoms with Crippen LogP contribution in [0, 0.1) is 11.6 Å². The van der Waals surface area contributed by atoms with Crippen molar-refractivity contribution in [2.75, 3.05) is 36.0 Å². The molecule has 2 aromatic heterocycles. The highest BCUT2D eigenvalue weighted by atomic mass is 19.1. The first kappa shape index (κ1) is 36.0. The number of imidazole rings is 2. The van der Waals surface area contributed by atoms with Gasteiger partial charge in [-0.1, -0.05) is 78.9 Å². The van der Waals surface area contributed by atoms with Gasteiger partial charge in [-0.05, 0) is 110 Å². The predicted octanol–water partition coefficient (Wildman–Crippen LogP) is 10.1. The van der Waals surface area contributed by atoms with E-state index in [0.717, 1.165) is 110 Å². The molecule has 10 rings (SSSR count). The van der Waals surface area contributed by atoms with Crippen molar-refractivity contribution >= 4 is 11.4 Å². The maximum absolute atomic E-state index is 16.4. The number of nitrogens with one attached hydrogen (secondary N) is 4. The van der Waals surface area contributed by atoms with Crippen LogP contribution < -0.4 is 20.4 Å². The van der Waals surface area contributed by atoms with E-state index in [4.69, 9.17) is 0 Å². The third kappa shape index (κ3) is 7.14. The summed E-state index contributed by atoms with van der Waals surface area (Å²) >= 11 is 0. The summed E-state index contributed by atoms with van der Waals surface area (Å²) in [7, 11) is 0. The fourth-order valence-corrected chi connectivity index (χ4v) is 9.92. The highest BCUT2D eigenvalue weighted by Gasteiger charge is 2.37. The molecule has 0 saturated carbocycles. The van der Waals surface area contributed by atoms with E-state index < -0.39 is 11.6 Å². The Morgan fingerprint density at radius 1 is 0.561 bits per heavy atom. The molecule has 4 aromatic carbocycles. The largest absolute Gasteiger partial charge is 0.367 e. The van der Waals surface area contributed by atoms with Crippen molar-refractivity contribution in [3.05, 3.63) is 143 Å². The minimum Gasteiger partial charge on any atom is -0.367 e. The number of hydrogen-bond donors (Lipinski definition) is 4. The second-order valence-electron chi connectivity index (χ2n) is 16.4. The average Bonchev–Trinajstić information content (AvgIpc) is 4.11. The number of rotatable bonds is 9. The zero-order valence-electron chi connectivity index (χ0n) is 32.2. The van der Waals surface area contributed by atoms with Crippen molar-refractivity contribution in [2.24, 2.45) is 0 Å². The lowest BCUT2D eigenvalue weighted by atomic mass is 9.89. The normalized spacial score (nSPS) is 22.8. The van der Waals surface area contributed by atoms with E-state index in [0.29, 0.717) is 24.7 Å². The molecule has 6 heterocycles. The molecular weight excluding hydrogens is 715 g/mol. The van der Waals surface area contributed by atoms with Gasteiger partial charge in [-0.3, -0.25) is 0 Å². The SMILES string of the molecule is Fc1cc(N2[C@@H](c3ccc(-c4cnc(C5CCCN5)[nH]4)cc3)CC[C@@H]2c2ccc(-c3cnc(C4CCCN4)[nH]3)cc2)cc(F)c1N1CCC(c2ccccc2)CC1. The van der Waals surface area contributed by atoms with Gasteiger partial charge in [0.05, 0.1) is 47.9 Å². The van der Waals surface area contributed by atoms with Crippen LogP contribution in [0.1, 0.15) is 110 Å². The van der Waals surface area contributed by atoms with Gasteiger partial charge in [0.1, 0.15) is 17.3 Å². The molecule has 4 saturated heterocycles. The lowest BCUT2D eigenvalue weighted by Crippen LogP contribution is -2.34. The molecule has 0 bridgehead atoms. The summed E-state index contributed by atoms with van der Waals surface area (Å²) < 4.78 is 32.8. The van der Waals surface area contributed by atoms with Crippen LogP contribution in [0.15, 0.2) is 103 Å². The smallest absolute Gasteiger partial charge is 0.151 e. The van der Waals surface area contributed by atoms with Gasteiger partial charge in [0, 0.05) is 18.8 Å². The molecule has 8 nitrogen and oxygen atoms in total. The second kappa shape index (κ2) is 15.6. The Kier molecular flexibility index (Phi) is 9.84. The van der Waals surface area contributed by atoms with E-state index in [1.807, 2.05) is 23.4 Å². The lowest BCUT2D eigenvalue weighted by molar-refractivity contribution is 0.486. The molecule has 0 amide bonds. The number of nitrogens with zero attached hydrogens (tertiary/aromatic N) is 4. The van der Waals surface area contributed by atoms with Gasteiger partial charge in [0.15, 0.2) is 11.6 Å². The number of hydrogen-bond acceptors (Lipinski definition) is 6. The summed E-state index contributed by atoms with van der Waals surface area (Å²) in [4.78, 5) is 20.6. The monoisotopic (exact) mass is 764 g/mol. The molecule has 6 aromatic rings. The van der Waals surface area contributed by atoms with Crippen LogP contribution in [0.4, 0.5) is 20.2 Å². The summed E-state index contributed by atoms with van der Waals surface area (Å²) in [6.07, 6.45) is 11.8. The molecule has 0 radical (unpaired) electrons. The van der Waals surface area contributed by atoms with E-state index in [9.17, 15) is 0 Å². The lowest BCUT2D eigenvalue weighted by Gasteiger charge is -2.36. The number of aromatic nitrogens is 4. The van der Waals surface area contributed by atoms with E-state index in [2.05, 4.69) is 108 Å². The zero-order valence-corrected chi connectivity index (χ0v) is 32.2. The van der Waals surface area contributed by atoms with Crippen molar-refractivity contribution in [2.45, 2.75) is 81.5 Å². The Hall–Kier alpha value is -5.32. The summed E-state index contributed by atoms with van der Waals surface area (Å²) in [6.45, 7) is 3.27. The predicted molar refractivity (Wildman–Crippen MR) is 222 cm³/mol. The highest BCUT2D eigenvalue weighted by molar-refractivity contribution is 5.64. The van der Waals surface area contributed by atoms with Crippen molar-refractivity contribution in [1.29, 1.82) is 0 Å². The Bertz CT molecular complexity index is 2150. The van der Waals surface area contributed by atoms with E-state index in [1.54, 1.807) is 12.1 Å². The summed E-state index contributed by atoms with van der Waals surface area (Å²) in [5.74, 6) is 1.35. The van der Waals surface area contributed by atoms with E-state index in [-0.39, 0.29) is 29.9 Å². The van der Waals surface area contributed by atoms with E-state index >= 15 is 8.78 Å². The number of anilines is 2. The van der Waals surface area contributed by atoms with Gasteiger partial charge >= 0.3 is 0 Å². The van der Waals surface area contributed by atoms with Crippen LogP contribution in [-0.4, -0.2) is 46.1 Å². The summed E-state index contributed by atoms with van der Waals surface area (Å²) in [5, 5.41) is 7.04. The third-order valence-corrected chi connectivity index (χ3v) is 13.0. The maximum Gasteiger partial charge on any atom is 0.151 e. The highest BCUT2D eigenvalue weighted by Crippen LogP contribution is 2.48. The van der Waals surface area contributed by atoms with Gasteiger partial charge < -0.3 is 30.4 Å². The van der Waals surface area contributed by atoms with Crippen LogP contribution in [0.2, 0.25) is 0 Å². The molecule has 57 heavy (non-hydrogen) atoms. The summed E-state index contributed by atoms with van der Waals surface area (Å²) in [6, 6.07) is 31.2. The Morgan fingerprint density at radius 2 is 1.07 bits per heavy atom. The number of benzene rings is 4. The molecule has 0 spiro atoms. The summed E-state index contributed by atoms with van der Waals surface area (Å²) in [5.41, 5.74) is 8.30.